The maximum atomic E-state index is 6.00. The molecule has 5 nitrogen and oxygen atoms in total. The first-order valence-corrected chi connectivity index (χ1v) is 6.37. The van der Waals surface area contributed by atoms with Gasteiger partial charge in [-0.1, -0.05) is 0 Å². The molecule has 2 aliphatic rings. The Morgan fingerprint density at radius 2 is 2.12 bits per heavy atom. The molecular weight excluding hydrogens is 216 g/mol. The lowest BCUT2D eigenvalue weighted by Crippen LogP contribution is -2.32. The third-order valence-corrected chi connectivity index (χ3v) is 3.92. The molecule has 1 aromatic rings. The summed E-state index contributed by atoms with van der Waals surface area (Å²) in [6.45, 7) is 3.72. The molecule has 0 aliphatic carbocycles. The SMILES string of the molecule is CN1CCC(n2nc(N)c3c2COCC3)CC1. The van der Waals surface area contributed by atoms with E-state index in [0.717, 1.165) is 39.0 Å². The number of fused-ring (bicyclic) bond motifs is 1. The number of hydrogen-bond donors (Lipinski definition) is 1. The quantitative estimate of drug-likeness (QED) is 0.784. The van der Waals surface area contributed by atoms with Crippen LogP contribution in [0.2, 0.25) is 0 Å². The highest BCUT2D eigenvalue weighted by atomic mass is 16.5. The lowest BCUT2D eigenvalue weighted by atomic mass is 10.0. The standard InChI is InChI=1S/C12H20N4O/c1-15-5-2-9(3-6-15)16-11-8-17-7-4-10(11)12(13)14-16/h9H,2-8H2,1H3,(H2,13,14). The van der Waals surface area contributed by atoms with Gasteiger partial charge in [0, 0.05) is 12.0 Å². The van der Waals surface area contributed by atoms with E-state index in [2.05, 4.69) is 21.7 Å². The molecule has 0 bridgehead atoms. The fraction of sp³-hybridized carbons (Fsp3) is 0.750. The Labute approximate surface area is 102 Å². The molecule has 0 atom stereocenters. The molecule has 1 aromatic heterocycles. The van der Waals surface area contributed by atoms with Crippen molar-refractivity contribution in [1.29, 1.82) is 0 Å². The topological polar surface area (TPSA) is 56.3 Å². The van der Waals surface area contributed by atoms with Crippen molar-refractivity contribution in [3.05, 3.63) is 11.3 Å². The van der Waals surface area contributed by atoms with Gasteiger partial charge in [0.25, 0.3) is 0 Å². The molecule has 0 spiro atoms. The normalized spacial score (nSPS) is 22.6. The molecule has 0 saturated carbocycles. The lowest BCUT2D eigenvalue weighted by molar-refractivity contribution is 0.0997. The molecule has 0 unspecified atom stereocenters. The van der Waals surface area contributed by atoms with Crippen LogP contribution in [0.4, 0.5) is 5.82 Å². The molecule has 0 radical (unpaired) electrons. The van der Waals surface area contributed by atoms with Crippen LogP contribution in [-0.2, 0) is 17.8 Å². The van der Waals surface area contributed by atoms with Crippen molar-refractivity contribution < 1.29 is 4.74 Å². The van der Waals surface area contributed by atoms with Crippen molar-refractivity contribution in [1.82, 2.24) is 14.7 Å². The second-order valence-corrected chi connectivity index (χ2v) is 5.09. The fourth-order valence-corrected chi connectivity index (χ4v) is 2.83. The van der Waals surface area contributed by atoms with E-state index in [9.17, 15) is 0 Å². The largest absolute Gasteiger partial charge is 0.382 e. The van der Waals surface area contributed by atoms with Crippen molar-refractivity contribution in [3.8, 4) is 0 Å². The molecule has 1 saturated heterocycles. The predicted molar refractivity (Wildman–Crippen MR) is 65.8 cm³/mol. The van der Waals surface area contributed by atoms with Gasteiger partial charge in [0.15, 0.2) is 0 Å². The van der Waals surface area contributed by atoms with Crippen LogP contribution in [0.3, 0.4) is 0 Å². The summed E-state index contributed by atoms with van der Waals surface area (Å²) in [4.78, 5) is 2.37. The summed E-state index contributed by atoms with van der Waals surface area (Å²) < 4.78 is 7.67. The zero-order valence-corrected chi connectivity index (χ0v) is 10.4. The number of nitrogens with zero attached hydrogens (tertiary/aromatic N) is 3. The van der Waals surface area contributed by atoms with Gasteiger partial charge < -0.3 is 15.4 Å². The van der Waals surface area contributed by atoms with E-state index in [-0.39, 0.29) is 0 Å². The molecule has 5 heteroatoms. The van der Waals surface area contributed by atoms with Crippen LogP contribution in [0.25, 0.3) is 0 Å². The van der Waals surface area contributed by atoms with Crippen LogP contribution >= 0.6 is 0 Å². The van der Waals surface area contributed by atoms with Crippen LogP contribution in [0.15, 0.2) is 0 Å². The summed E-state index contributed by atoms with van der Waals surface area (Å²) in [5.41, 5.74) is 8.43. The number of piperidine rings is 1. The van der Waals surface area contributed by atoms with Gasteiger partial charge in [0.2, 0.25) is 0 Å². The van der Waals surface area contributed by atoms with Crippen molar-refractivity contribution >= 4 is 5.82 Å². The zero-order valence-electron chi connectivity index (χ0n) is 10.4. The number of ether oxygens (including phenoxy) is 1. The monoisotopic (exact) mass is 236 g/mol. The fourth-order valence-electron chi connectivity index (χ4n) is 2.83. The summed E-state index contributed by atoms with van der Waals surface area (Å²) in [7, 11) is 2.17. The Kier molecular flexibility index (Phi) is 2.80. The summed E-state index contributed by atoms with van der Waals surface area (Å²) in [6, 6.07) is 0.499. The molecule has 2 N–H and O–H groups in total. The third-order valence-electron chi connectivity index (χ3n) is 3.92. The highest BCUT2D eigenvalue weighted by Crippen LogP contribution is 2.29. The van der Waals surface area contributed by atoms with E-state index in [1.807, 2.05) is 0 Å². The van der Waals surface area contributed by atoms with Crippen LogP contribution in [0.5, 0.6) is 0 Å². The highest BCUT2D eigenvalue weighted by molar-refractivity contribution is 5.43. The minimum atomic E-state index is 0.499. The zero-order chi connectivity index (χ0) is 11.8. The van der Waals surface area contributed by atoms with Crippen LogP contribution < -0.4 is 5.73 Å². The first-order valence-electron chi connectivity index (χ1n) is 6.37. The van der Waals surface area contributed by atoms with Crippen molar-refractivity contribution in [2.75, 3.05) is 32.5 Å². The summed E-state index contributed by atoms with van der Waals surface area (Å²) in [6.07, 6.45) is 3.22. The number of nitrogens with two attached hydrogens (primary N) is 1. The average molecular weight is 236 g/mol. The van der Waals surface area contributed by atoms with Crippen molar-refractivity contribution in [2.24, 2.45) is 0 Å². The highest BCUT2D eigenvalue weighted by Gasteiger charge is 2.26. The second kappa shape index (κ2) is 4.31. The van der Waals surface area contributed by atoms with Gasteiger partial charge in [-0.25, -0.2) is 0 Å². The van der Waals surface area contributed by atoms with E-state index in [1.54, 1.807) is 0 Å². The Bertz CT molecular complexity index is 407. The first-order chi connectivity index (χ1) is 8.25. The minimum absolute atomic E-state index is 0.499. The number of hydrogen-bond acceptors (Lipinski definition) is 4. The molecule has 2 aliphatic heterocycles. The number of aromatic nitrogens is 2. The minimum Gasteiger partial charge on any atom is -0.382 e. The van der Waals surface area contributed by atoms with Gasteiger partial charge in [-0.05, 0) is 33.0 Å². The van der Waals surface area contributed by atoms with Gasteiger partial charge in [0.05, 0.1) is 24.9 Å². The molecule has 3 heterocycles. The number of anilines is 1. The van der Waals surface area contributed by atoms with Gasteiger partial charge in [-0.2, -0.15) is 5.10 Å². The maximum absolute atomic E-state index is 6.00. The number of likely N-dealkylation sites (tertiary alicyclic amines) is 1. The molecule has 94 valence electrons. The summed E-state index contributed by atoms with van der Waals surface area (Å²) in [5.74, 6) is 0.710. The molecule has 1 fully saturated rings. The van der Waals surface area contributed by atoms with Gasteiger partial charge >= 0.3 is 0 Å². The molecule has 0 amide bonds. The number of rotatable bonds is 1. The Morgan fingerprint density at radius 1 is 1.35 bits per heavy atom. The second-order valence-electron chi connectivity index (χ2n) is 5.09. The maximum Gasteiger partial charge on any atom is 0.149 e. The van der Waals surface area contributed by atoms with Crippen LogP contribution in [0, 0.1) is 0 Å². The van der Waals surface area contributed by atoms with Crippen molar-refractivity contribution in [3.63, 3.8) is 0 Å². The smallest absolute Gasteiger partial charge is 0.149 e. The van der Waals surface area contributed by atoms with Crippen LogP contribution in [0.1, 0.15) is 30.1 Å². The molecule has 3 rings (SSSR count). The Morgan fingerprint density at radius 3 is 2.88 bits per heavy atom. The summed E-state index contributed by atoms with van der Waals surface area (Å²) in [5, 5.41) is 4.54. The van der Waals surface area contributed by atoms with Gasteiger partial charge in [-0.15, -0.1) is 0 Å². The average Bonchev–Trinajstić information content (AvgIpc) is 2.69. The molecular formula is C12H20N4O. The first kappa shape index (κ1) is 11.0. The summed E-state index contributed by atoms with van der Waals surface area (Å²) >= 11 is 0. The third kappa shape index (κ3) is 1.93. The van der Waals surface area contributed by atoms with E-state index in [1.165, 1.54) is 11.3 Å². The Balaban J connectivity index is 1.87. The number of nitrogen functional groups attached to an aromatic ring is 1. The van der Waals surface area contributed by atoms with E-state index >= 15 is 0 Å². The van der Waals surface area contributed by atoms with Crippen LogP contribution in [-0.4, -0.2) is 41.4 Å². The van der Waals surface area contributed by atoms with Gasteiger partial charge in [0.1, 0.15) is 5.82 Å². The van der Waals surface area contributed by atoms with Gasteiger partial charge in [-0.3, -0.25) is 4.68 Å². The Hall–Kier alpha value is -1.07. The van der Waals surface area contributed by atoms with E-state index < -0.39 is 0 Å². The van der Waals surface area contributed by atoms with E-state index in [0.29, 0.717) is 18.5 Å². The predicted octanol–water partition coefficient (Wildman–Crippen LogP) is 0.805. The molecule has 0 aromatic carbocycles. The van der Waals surface area contributed by atoms with Crippen molar-refractivity contribution in [2.45, 2.75) is 31.9 Å². The lowest BCUT2D eigenvalue weighted by Gasteiger charge is -2.30. The van der Waals surface area contributed by atoms with E-state index in [4.69, 9.17) is 10.5 Å². The molecule has 17 heavy (non-hydrogen) atoms.